The van der Waals surface area contributed by atoms with E-state index in [9.17, 15) is 14.4 Å². The third-order valence-electron chi connectivity index (χ3n) is 6.85. The molecule has 2 atom stereocenters. The Morgan fingerprint density at radius 2 is 1.79 bits per heavy atom. The first kappa shape index (κ1) is 24.3. The Bertz CT molecular complexity index is 1010. The molecule has 0 bridgehead atoms. The number of nitrogens with one attached hydrogen (secondary N) is 2. The Hall–Kier alpha value is -2.80. The van der Waals surface area contributed by atoms with Crippen molar-refractivity contribution in [3.8, 4) is 0 Å². The van der Waals surface area contributed by atoms with Crippen molar-refractivity contribution >= 4 is 29.5 Å². The van der Waals surface area contributed by atoms with Crippen LogP contribution in [0.25, 0.3) is 0 Å². The summed E-state index contributed by atoms with van der Waals surface area (Å²) in [6.07, 6.45) is 6.24. The smallest absolute Gasteiger partial charge is 0.223 e. The van der Waals surface area contributed by atoms with E-state index < -0.39 is 5.54 Å². The fourth-order valence-electron chi connectivity index (χ4n) is 4.96. The second kappa shape index (κ2) is 11.1. The molecule has 2 fully saturated rings. The van der Waals surface area contributed by atoms with Crippen LogP contribution in [0, 0.1) is 0 Å². The topological polar surface area (TPSA) is 78.5 Å². The third-order valence-corrected chi connectivity index (χ3v) is 7.59. The second-order valence-corrected chi connectivity index (χ2v) is 10.3. The lowest BCUT2D eigenvalue weighted by Gasteiger charge is -2.31. The van der Waals surface area contributed by atoms with E-state index in [4.69, 9.17) is 0 Å². The van der Waals surface area contributed by atoms with Gasteiger partial charge in [-0.05, 0) is 55.2 Å². The van der Waals surface area contributed by atoms with Crippen molar-refractivity contribution < 1.29 is 14.4 Å². The van der Waals surface area contributed by atoms with Gasteiger partial charge in [-0.15, -0.1) is 11.8 Å². The molecule has 1 unspecified atom stereocenters. The molecule has 2 heterocycles. The highest BCUT2D eigenvalue weighted by Crippen LogP contribution is 2.31. The minimum Gasteiger partial charge on any atom is -0.352 e. The fourth-order valence-corrected chi connectivity index (χ4v) is 5.37. The van der Waals surface area contributed by atoms with Gasteiger partial charge in [0.2, 0.25) is 17.7 Å². The van der Waals surface area contributed by atoms with Gasteiger partial charge in [0.25, 0.3) is 0 Å². The van der Waals surface area contributed by atoms with E-state index in [1.165, 1.54) is 10.5 Å². The second-order valence-electron chi connectivity index (χ2n) is 9.42. The first-order valence-electron chi connectivity index (χ1n) is 12.0. The molecule has 2 aromatic carbocycles. The molecule has 7 heteroatoms. The number of hydrogen-bond donors (Lipinski definition) is 2. The highest BCUT2D eigenvalue weighted by molar-refractivity contribution is 7.98. The monoisotopic (exact) mass is 479 g/mol. The Labute approximate surface area is 205 Å². The van der Waals surface area contributed by atoms with E-state index in [1.807, 2.05) is 35.2 Å². The van der Waals surface area contributed by atoms with Crippen LogP contribution < -0.4 is 10.6 Å². The molecule has 2 N–H and O–H groups in total. The average Bonchev–Trinajstić information content (AvgIpc) is 3.43. The van der Waals surface area contributed by atoms with Gasteiger partial charge < -0.3 is 15.5 Å². The largest absolute Gasteiger partial charge is 0.352 e. The average molecular weight is 480 g/mol. The van der Waals surface area contributed by atoms with Gasteiger partial charge >= 0.3 is 0 Å². The van der Waals surface area contributed by atoms with Crippen LogP contribution in [0.3, 0.4) is 0 Å². The van der Waals surface area contributed by atoms with E-state index in [-0.39, 0.29) is 23.8 Å². The Kier molecular flexibility index (Phi) is 7.93. The summed E-state index contributed by atoms with van der Waals surface area (Å²) in [6.45, 7) is 1.02. The molecule has 0 radical (unpaired) electrons. The zero-order chi connectivity index (χ0) is 24.0. The standard InChI is InChI=1S/C27H33N3O3S/c1-34-23-10-7-20(8-11-23)17-27(15-13-25(32)29-27)16-14-26(33)30(18-21-5-3-2-4-6-21)19-22-9-12-24(31)28-22/h2-8,10-11,22H,9,12-19H2,1H3,(H,28,31)(H,29,32)/t22-,27?/m0/s1. The maximum absolute atomic E-state index is 13.4. The van der Waals surface area contributed by atoms with Crippen molar-refractivity contribution in [1.82, 2.24) is 15.5 Å². The van der Waals surface area contributed by atoms with Gasteiger partial charge in [-0.3, -0.25) is 14.4 Å². The quantitative estimate of drug-likeness (QED) is 0.510. The van der Waals surface area contributed by atoms with Crippen molar-refractivity contribution in [3.05, 3.63) is 65.7 Å². The number of carbonyl (C=O) groups is 3. The van der Waals surface area contributed by atoms with Crippen LogP contribution in [-0.4, -0.2) is 47.0 Å². The minimum atomic E-state index is -0.395. The summed E-state index contributed by atoms with van der Waals surface area (Å²) in [6, 6.07) is 18.4. The molecule has 2 aliphatic heterocycles. The van der Waals surface area contributed by atoms with Crippen LogP contribution in [0.15, 0.2) is 59.5 Å². The Balaban J connectivity index is 1.44. The van der Waals surface area contributed by atoms with Gasteiger partial charge in [0.1, 0.15) is 0 Å². The van der Waals surface area contributed by atoms with E-state index in [0.717, 1.165) is 24.8 Å². The van der Waals surface area contributed by atoms with Crippen LogP contribution in [0.5, 0.6) is 0 Å². The van der Waals surface area contributed by atoms with Crippen LogP contribution in [0.1, 0.15) is 49.7 Å². The molecule has 34 heavy (non-hydrogen) atoms. The summed E-state index contributed by atoms with van der Waals surface area (Å²) in [4.78, 5) is 40.4. The van der Waals surface area contributed by atoms with E-state index in [0.29, 0.717) is 38.8 Å². The van der Waals surface area contributed by atoms with Crippen LogP contribution >= 0.6 is 11.8 Å². The van der Waals surface area contributed by atoms with Gasteiger partial charge in [0, 0.05) is 48.8 Å². The van der Waals surface area contributed by atoms with Crippen molar-refractivity contribution in [1.29, 1.82) is 0 Å². The number of benzene rings is 2. The molecule has 2 saturated heterocycles. The van der Waals surface area contributed by atoms with Gasteiger partial charge in [-0.1, -0.05) is 42.5 Å². The van der Waals surface area contributed by atoms with Crippen molar-refractivity contribution in [2.24, 2.45) is 0 Å². The highest BCUT2D eigenvalue weighted by atomic mass is 32.2. The molecule has 3 amide bonds. The molecule has 2 aliphatic rings. The minimum absolute atomic E-state index is 0.00439. The predicted molar refractivity (Wildman–Crippen MR) is 134 cm³/mol. The summed E-state index contributed by atoms with van der Waals surface area (Å²) in [5.74, 6) is 0.170. The number of nitrogens with zero attached hydrogens (tertiary/aromatic N) is 1. The van der Waals surface area contributed by atoms with Crippen molar-refractivity contribution in [2.45, 2.75) is 68.0 Å². The Morgan fingerprint density at radius 3 is 2.41 bits per heavy atom. The molecule has 4 rings (SSSR count). The Morgan fingerprint density at radius 1 is 1.03 bits per heavy atom. The maximum Gasteiger partial charge on any atom is 0.223 e. The number of amides is 3. The number of rotatable bonds is 10. The SMILES string of the molecule is CSc1ccc(CC2(CCC(=O)N(Cc3ccccc3)C[C@@H]3CCC(=O)N3)CCC(=O)N2)cc1. The zero-order valence-electron chi connectivity index (χ0n) is 19.7. The van der Waals surface area contributed by atoms with Crippen LogP contribution in [0.2, 0.25) is 0 Å². The van der Waals surface area contributed by atoms with Gasteiger partial charge in [0.15, 0.2) is 0 Å². The van der Waals surface area contributed by atoms with E-state index >= 15 is 0 Å². The molecule has 2 aromatic rings. The molecule has 0 aromatic heterocycles. The summed E-state index contributed by atoms with van der Waals surface area (Å²) in [5.41, 5.74) is 1.84. The van der Waals surface area contributed by atoms with E-state index in [2.05, 4.69) is 41.2 Å². The maximum atomic E-state index is 13.4. The molecule has 0 aliphatic carbocycles. The van der Waals surface area contributed by atoms with Crippen LogP contribution in [0.4, 0.5) is 0 Å². The number of thioether (sulfide) groups is 1. The normalized spacial score (nSPS) is 21.9. The summed E-state index contributed by atoms with van der Waals surface area (Å²) < 4.78 is 0. The lowest BCUT2D eigenvalue weighted by molar-refractivity contribution is -0.133. The molecule has 0 spiro atoms. The number of carbonyl (C=O) groups excluding carboxylic acids is 3. The molecule has 6 nitrogen and oxygen atoms in total. The highest BCUT2D eigenvalue weighted by Gasteiger charge is 2.38. The van der Waals surface area contributed by atoms with Crippen molar-refractivity contribution in [3.63, 3.8) is 0 Å². The summed E-state index contributed by atoms with van der Waals surface area (Å²) in [5, 5.41) is 6.18. The van der Waals surface area contributed by atoms with Gasteiger partial charge in [-0.2, -0.15) is 0 Å². The number of hydrogen-bond acceptors (Lipinski definition) is 4. The van der Waals surface area contributed by atoms with E-state index in [1.54, 1.807) is 11.8 Å². The molecule has 0 saturated carbocycles. The lowest BCUT2D eigenvalue weighted by Crippen LogP contribution is -2.46. The summed E-state index contributed by atoms with van der Waals surface area (Å²) >= 11 is 1.70. The predicted octanol–water partition coefficient (Wildman–Crippen LogP) is 3.69. The van der Waals surface area contributed by atoms with Gasteiger partial charge in [-0.25, -0.2) is 0 Å². The lowest BCUT2D eigenvalue weighted by atomic mass is 9.85. The van der Waals surface area contributed by atoms with Crippen molar-refractivity contribution in [2.75, 3.05) is 12.8 Å². The molecule has 180 valence electrons. The zero-order valence-corrected chi connectivity index (χ0v) is 20.5. The van der Waals surface area contributed by atoms with Crippen LogP contribution in [-0.2, 0) is 27.3 Å². The molecular weight excluding hydrogens is 446 g/mol. The first-order chi connectivity index (χ1) is 16.4. The molecular formula is C27H33N3O3S. The third kappa shape index (κ3) is 6.41. The fraction of sp³-hybridized carbons (Fsp3) is 0.444. The summed E-state index contributed by atoms with van der Waals surface area (Å²) in [7, 11) is 0. The van der Waals surface area contributed by atoms with Gasteiger partial charge in [0.05, 0.1) is 0 Å². The first-order valence-corrected chi connectivity index (χ1v) is 13.2.